The molecular weight excluding hydrogens is 433 g/mol. The van der Waals surface area contributed by atoms with Crippen LogP contribution in [0, 0.1) is 0 Å². The van der Waals surface area contributed by atoms with Gasteiger partial charge in [-0.05, 0) is 48.4 Å². The molecule has 0 spiro atoms. The molecule has 1 fully saturated rings. The Balaban J connectivity index is 1.39. The van der Waals surface area contributed by atoms with Gasteiger partial charge < -0.3 is 14.5 Å². The van der Waals surface area contributed by atoms with Crippen LogP contribution in [0.1, 0.15) is 58.6 Å². The van der Waals surface area contributed by atoms with Crippen LogP contribution in [0.2, 0.25) is 0 Å². The Labute approximate surface area is 189 Å². The third-order valence-electron chi connectivity index (χ3n) is 6.26. The Morgan fingerprint density at radius 2 is 1.82 bits per heavy atom. The molecule has 1 aliphatic rings. The molecule has 0 saturated carbocycles. The number of amides is 1. The minimum atomic E-state index is -4.48. The third kappa shape index (κ3) is 5.11. The van der Waals surface area contributed by atoms with Gasteiger partial charge in [0.2, 0.25) is 5.76 Å². The van der Waals surface area contributed by atoms with Crippen LogP contribution in [-0.2, 0) is 18.2 Å². The Bertz CT molecular complexity index is 1100. The van der Waals surface area contributed by atoms with Crippen molar-refractivity contribution < 1.29 is 27.6 Å². The van der Waals surface area contributed by atoms with Gasteiger partial charge in [0.25, 0.3) is 5.91 Å². The SMILES string of the molecule is CC(Cc1cc(C(=O)N2CCC(O)(c3cccc(C(F)(F)F)c3)CC2)on1)c1ccccc1. The summed E-state index contributed by atoms with van der Waals surface area (Å²) in [7, 11) is 0. The number of aromatic nitrogens is 1. The van der Waals surface area contributed by atoms with Crippen molar-refractivity contribution in [2.45, 2.75) is 43.9 Å². The van der Waals surface area contributed by atoms with Crippen molar-refractivity contribution in [3.63, 3.8) is 0 Å². The quantitative estimate of drug-likeness (QED) is 0.573. The summed E-state index contributed by atoms with van der Waals surface area (Å²) in [6.45, 7) is 2.47. The van der Waals surface area contributed by atoms with E-state index < -0.39 is 17.3 Å². The average Bonchev–Trinajstić information content (AvgIpc) is 3.28. The molecule has 1 atom stereocenters. The van der Waals surface area contributed by atoms with Crippen molar-refractivity contribution in [3.8, 4) is 0 Å². The van der Waals surface area contributed by atoms with Crippen molar-refractivity contribution in [2.75, 3.05) is 13.1 Å². The monoisotopic (exact) mass is 458 g/mol. The summed E-state index contributed by atoms with van der Waals surface area (Å²) in [6, 6.07) is 16.3. The first kappa shape index (κ1) is 23.0. The summed E-state index contributed by atoms with van der Waals surface area (Å²) in [6.07, 6.45) is -3.60. The van der Waals surface area contributed by atoms with Crippen LogP contribution in [0.4, 0.5) is 13.2 Å². The number of carbonyl (C=O) groups is 1. The highest BCUT2D eigenvalue weighted by Gasteiger charge is 2.38. The Hall–Kier alpha value is -3.13. The first-order valence-electron chi connectivity index (χ1n) is 10.9. The van der Waals surface area contributed by atoms with Crippen molar-refractivity contribution in [1.82, 2.24) is 10.1 Å². The number of halogens is 3. The summed E-state index contributed by atoms with van der Waals surface area (Å²) in [5, 5.41) is 15.0. The van der Waals surface area contributed by atoms with Gasteiger partial charge in [-0.1, -0.05) is 54.5 Å². The van der Waals surface area contributed by atoms with Gasteiger partial charge in [0.05, 0.1) is 16.9 Å². The van der Waals surface area contributed by atoms with Gasteiger partial charge in [0, 0.05) is 19.2 Å². The van der Waals surface area contributed by atoms with Crippen LogP contribution in [0.5, 0.6) is 0 Å². The molecule has 1 aliphatic heterocycles. The lowest BCUT2D eigenvalue weighted by Crippen LogP contribution is -2.45. The number of aliphatic hydroxyl groups is 1. The van der Waals surface area contributed by atoms with Crippen LogP contribution in [0.3, 0.4) is 0 Å². The zero-order valence-corrected chi connectivity index (χ0v) is 18.2. The van der Waals surface area contributed by atoms with Crippen molar-refractivity contribution >= 4 is 5.91 Å². The number of rotatable bonds is 5. The standard InChI is InChI=1S/C25H25F3N2O3/c1-17(18-6-3-2-4-7-18)14-21-16-22(33-29-21)23(31)30-12-10-24(32,11-13-30)19-8-5-9-20(15-19)25(26,27)28/h2-9,15-17,32H,10-14H2,1H3. The van der Waals surface area contributed by atoms with E-state index in [0.29, 0.717) is 12.1 Å². The summed E-state index contributed by atoms with van der Waals surface area (Å²) < 4.78 is 44.4. The van der Waals surface area contributed by atoms with Gasteiger partial charge in [-0.15, -0.1) is 0 Å². The summed E-state index contributed by atoms with van der Waals surface area (Å²) in [5.74, 6) is -0.0151. The Morgan fingerprint density at radius 3 is 2.48 bits per heavy atom. The average molecular weight is 458 g/mol. The molecule has 1 saturated heterocycles. The molecule has 8 heteroatoms. The van der Waals surface area contributed by atoms with E-state index in [1.165, 1.54) is 22.6 Å². The second-order valence-electron chi connectivity index (χ2n) is 8.60. The first-order valence-corrected chi connectivity index (χ1v) is 10.9. The topological polar surface area (TPSA) is 66.6 Å². The first-order chi connectivity index (χ1) is 15.7. The number of nitrogens with zero attached hydrogens (tertiary/aromatic N) is 2. The molecule has 1 unspecified atom stereocenters. The minimum Gasteiger partial charge on any atom is -0.385 e. The highest BCUT2D eigenvalue weighted by atomic mass is 19.4. The van der Waals surface area contributed by atoms with Gasteiger partial charge in [0.15, 0.2) is 0 Å². The third-order valence-corrected chi connectivity index (χ3v) is 6.26. The molecule has 0 radical (unpaired) electrons. The van der Waals surface area contributed by atoms with Crippen molar-refractivity contribution in [3.05, 3.63) is 88.8 Å². The zero-order valence-electron chi connectivity index (χ0n) is 18.2. The fourth-order valence-corrected chi connectivity index (χ4v) is 4.23. The van der Waals surface area contributed by atoms with Gasteiger partial charge >= 0.3 is 6.18 Å². The summed E-state index contributed by atoms with van der Waals surface area (Å²) >= 11 is 0. The van der Waals surface area contributed by atoms with Crippen LogP contribution in [0.15, 0.2) is 65.2 Å². The van der Waals surface area contributed by atoms with E-state index in [-0.39, 0.29) is 49.1 Å². The highest BCUT2D eigenvalue weighted by molar-refractivity contribution is 5.91. The number of piperidine rings is 1. The Kier molecular flexibility index (Phi) is 6.30. The number of benzene rings is 2. The molecule has 1 N–H and O–H groups in total. The minimum absolute atomic E-state index is 0.120. The number of likely N-dealkylation sites (tertiary alicyclic amines) is 1. The molecule has 0 bridgehead atoms. The number of hydrogen-bond donors (Lipinski definition) is 1. The van der Waals surface area contributed by atoms with Crippen molar-refractivity contribution in [1.29, 1.82) is 0 Å². The molecule has 4 rings (SSSR count). The predicted octanol–water partition coefficient (Wildman–Crippen LogP) is 5.16. The van der Waals surface area contributed by atoms with E-state index in [2.05, 4.69) is 12.1 Å². The molecule has 1 amide bonds. The number of alkyl halides is 3. The summed E-state index contributed by atoms with van der Waals surface area (Å²) in [4.78, 5) is 14.4. The van der Waals surface area contributed by atoms with Gasteiger partial charge in [-0.25, -0.2) is 0 Å². The molecule has 0 aliphatic carbocycles. The van der Waals surface area contributed by atoms with Crippen LogP contribution < -0.4 is 0 Å². The van der Waals surface area contributed by atoms with E-state index in [0.717, 1.165) is 12.1 Å². The second kappa shape index (κ2) is 9.02. The molecule has 174 valence electrons. The van der Waals surface area contributed by atoms with Crippen molar-refractivity contribution in [2.24, 2.45) is 0 Å². The maximum absolute atomic E-state index is 13.0. The largest absolute Gasteiger partial charge is 0.416 e. The van der Waals surface area contributed by atoms with E-state index in [9.17, 15) is 23.1 Å². The zero-order chi connectivity index (χ0) is 23.6. The van der Waals surface area contributed by atoms with E-state index in [1.807, 2.05) is 30.3 Å². The van der Waals surface area contributed by atoms with Gasteiger partial charge in [-0.2, -0.15) is 13.2 Å². The Morgan fingerprint density at radius 1 is 1.12 bits per heavy atom. The molecule has 5 nitrogen and oxygen atoms in total. The molecule has 33 heavy (non-hydrogen) atoms. The fraction of sp³-hybridized carbons (Fsp3) is 0.360. The molecule has 2 heterocycles. The highest BCUT2D eigenvalue weighted by Crippen LogP contribution is 2.37. The van der Waals surface area contributed by atoms with E-state index in [1.54, 1.807) is 6.07 Å². The van der Waals surface area contributed by atoms with Crippen LogP contribution >= 0.6 is 0 Å². The van der Waals surface area contributed by atoms with Gasteiger partial charge in [0.1, 0.15) is 0 Å². The molecule has 2 aromatic carbocycles. The lowest BCUT2D eigenvalue weighted by Gasteiger charge is -2.38. The smallest absolute Gasteiger partial charge is 0.385 e. The van der Waals surface area contributed by atoms with Crippen LogP contribution in [-0.4, -0.2) is 34.2 Å². The maximum Gasteiger partial charge on any atom is 0.416 e. The second-order valence-corrected chi connectivity index (χ2v) is 8.60. The van der Waals surface area contributed by atoms with E-state index in [4.69, 9.17) is 4.52 Å². The molecular formula is C25H25F3N2O3. The summed E-state index contributed by atoms with van der Waals surface area (Å²) in [5.41, 5.74) is -0.173. The van der Waals surface area contributed by atoms with Crippen LogP contribution in [0.25, 0.3) is 0 Å². The molecule has 1 aromatic heterocycles. The predicted molar refractivity (Wildman–Crippen MR) is 116 cm³/mol. The number of carbonyl (C=O) groups excluding carboxylic acids is 1. The maximum atomic E-state index is 13.0. The fourth-order valence-electron chi connectivity index (χ4n) is 4.23. The normalized spacial score (nSPS) is 17.1. The van der Waals surface area contributed by atoms with Gasteiger partial charge in [-0.3, -0.25) is 4.79 Å². The lowest BCUT2D eigenvalue weighted by atomic mass is 9.83. The lowest BCUT2D eigenvalue weighted by molar-refractivity contribution is -0.137. The number of hydrogen-bond acceptors (Lipinski definition) is 4. The molecule has 3 aromatic rings. The van der Waals surface area contributed by atoms with E-state index >= 15 is 0 Å².